The second-order valence-electron chi connectivity index (χ2n) is 7.36. The van der Waals surface area contributed by atoms with Crippen LogP contribution in [0.25, 0.3) is 0 Å². The van der Waals surface area contributed by atoms with Crippen LogP contribution in [0, 0.1) is 33.5 Å². The van der Waals surface area contributed by atoms with Gasteiger partial charge in [0.2, 0.25) is 0 Å². The molecule has 27 heavy (non-hydrogen) atoms. The Labute approximate surface area is 157 Å². The van der Waals surface area contributed by atoms with Gasteiger partial charge in [0.25, 0.3) is 5.91 Å². The zero-order valence-electron chi connectivity index (χ0n) is 14.7. The van der Waals surface area contributed by atoms with E-state index < -0.39 is 22.8 Å². The molecule has 3 aliphatic heterocycles. The Hall–Kier alpha value is -2.87. The Kier molecular flexibility index (Phi) is 3.22. The van der Waals surface area contributed by atoms with Crippen molar-refractivity contribution in [2.45, 2.75) is 31.2 Å². The Balaban J connectivity index is 1.85. The summed E-state index contributed by atoms with van der Waals surface area (Å²) in [5.41, 5.74) is 6.30. The normalized spacial score (nSPS) is 35.8. The van der Waals surface area contributed by atoms with E-state index in [1.165, 1.54) is 0 Å². The fourth-order valence-corrected chi connectivity index (χ4v) is 5.26. The lowest BCUT2D eigenvalue weighted by Gasteiger charge is -2.50. The molecule has 0 radical (unpaired) electrons. The number of nitrogens with two attached hydrogens (primary N) is 1. The molecule has 1 spiro atoms. The molecule has 0 saturated carbocycles. The summed E-state index contributed by atoms with van der Waals surface area (Å²) in [7, 11) is 0. The number of nitriles is 2. The van der Waals surface area contributed by atoms with Crippen molar-refractivity contribution in [1.82, 2.24) is 5.32 Å². The van der Waals surface area contributed by atoms with Crippen molar-refractivity contribution in [3.8, 4) is 12.1 Å². The topological polar surface area (TPSA) is 116 Å². The molecule has 0 aromatic heterocycles. The molecular formula is C20H19N5O2. The average molecular weight is 361 g/mol. The number of fused-ring (bicyclic) bond motifs is 3. The average Bonchev–Trinajstić information content (AvgIpc) is 3.40. The minimum atomic E-state index is -1.55. The molecule has 1 fully saturated rings. The molecule has 4 aliphatic rings. The lowest BCUT2D eigenvalue weighted by molar-refractivity contribution is -0.212. The second-order valence-corrected chi connectivity index (χ2v) is 7.36. The van der Waals surface area contributed by atoms with Crippen LogP contribution >= 0.6 is 0 Å². The lowest BCUT2D eigenvalue weighted by Crippen LogP contribution is -2.63. The number of allylic oxidation sites excluding steroid dienone is 1. The summed E-state index contributed by atoms with van der Waals surface area (Å²) < 4.78 is 11.9. The van der Waals surface area contributed by atoms with E-state index in [0.29, 0.717) is 19.6 Å². The van der Waals surface area contributed by atoms with Crippen molar-refractivity contribution in [3.05, 3.63) is 47.2 Å². The van der Waals surface area contributed by atoms with Gasteiger partial charge in [0.15, 0.2) is 10.8 Å². The summed E-state index contributed by atoms with van der Waals surface area (Å²) in [5.74, 6) is -1.46. The monoisotopic (exact) mass is 361 g/mol. The Morgan fingerprint density at radius 1 is 1.11 bits per heavy atom. The fourth-order valence-electron chi connectivity index (χ4n) is 5.26. The van der Waals surface area contributed by atoms with Crippen LogP contribution in [0.3, 0.4) is 0 Å². The van der Waals surface area contributed by atoms with Crippen LogP contribution < -0.4 is 11.1 Å². The summed E-state index contributed by atoms with van der Waals surface area (Å²) in [6.07, 6.45) is 2.41. The minimum absolute atomic E-state index is 0.0910. The van der Waals surface area contributed by atoms with Crippen molar-refractivity contribution in [2.75, 3.05) is 13.2 Å². The molecule has 3 heterocycles. The molecule has 1 aromatic rings. The smallest absolute Gasteiger partial charge is 0.297 e. The van der Waals surface area contributed by atoms with Crippen LogP contribution in [0.4, 0.5) is 0 Å². The third-order valence-electron chi connectivity index (χ3n) is 6.31. The number of aliphatic imine (C=N–C) groups is 1. The fraction of sp³-hybridized carbons (Fsp3) is 0.450. The van der Waals surface area contributed by atoms with Gasteiger partial charge in [0, 0.05) is 5.70 Å². The Morgan fingerprint density at radius 2 is 1.85 bits per heavy atom. The Morgan fingerprint density at radius 3 is 2.52 bits per heavy atom. The van der Waals surface area contributed by atoms with Crippen LogP contribution in [0.1, 0.15) is 30.9 Å². The van der Waals surface area contributed by atoms with Crippen LogP contribution in [0.15, 0.2) is 46.6 Å². The van der Waals surface area contributed by atoms with Crippen molar-refractivity contribution < 1.29 is 9.47 Å². The molecule has 1 aliphatic carbocycles. The predicted octanol–water partition coefficient (Wildman–Crippen LogP) is 1.86. The van der Waals surface area contributed by atoms with Gasteiger partial charge in [-0.3, -0.25) is 0 Å². The lowest BCUT2D eigenvalue weighted by atomic mass is 9.53. The molecule has 0 unspecified atom stereocenters. The molecule has 3 atom stereocenters. The standard InChI is InChI=1S/C20H19N5O2/c21-11-18-16(13-5-2-1-3-6-13)24-15-8-4-7-14(15)19(18,12-22)20(25-17(18)23)26-9-10-27-20/h1-3,5-6,16,24H,4,7-10H2,(H2,23,25)/t16-,18+,19+/m1/s1. The van der Waals surface area contributed by atoms with Gasteiger partial charge < -0.3 is 20.5 Å². The molecule has 0 bridgehead atoms. The highest BCUT2D eigenvalue weighted by molar-refractivity contribution is 5.96. The molecule has 1 aromatic carbocycles. The number of benzene rings is 1. The summed E-state index contributed by atoms with van der Waals surface area (Å²) in [6, 6.07) is 13.9. The first-order valence-corrected chi connectivity index (χ1v) is 9.15. The van der Waals surface area contributed by atoms with Gasteiger partial charge in [-0.15, -0.1) is 0 Å². The maximum absolute atomic E-state index is 10.6. The van der Waals surface area contributed by atoms with Gasteiger partial charge in [0.05, 0.1) is 31.4 Å². The number of hydrogen-bond donors (Lipinski definition) is 2. The van der Waals surface area contributed by atoms with Crippen LogP contribution in [0.2, 0.25) is 0 Å². The van der Waals surface area contributed by atoms with Gasteiger partial charge in [0.1, 0.15) is 5.84 Å². The van der Waals surface area contributed by atoms with Crippen molar-refractivity contribution in [1.29, 1.82) is 10.5 Å². The highest BCUT2D eigenvalue weighted by Gasteiger charge is 2.80. The first kappa shape index (κ1) is 16.3. The zero-order valence-corrected chi connectivity index (χ0v) is 14.7. The van der Waals surface area contributed by atoms with Gasteiger partial charge in [-0.25, -0.2) is 4.99 Å². The minimum Gasteiger partial charge on any atom is -0.386 e. The van der Waals surface area contributed by atoms with E-state index in [0.717, 1.165) is 29.7 Å². The molecule has 5 rings (SSSR count). The van der Waals surface area contributed by atoms with Gasteiger partial charge in [-0.2, -0.15) is 10.5 Å². The molecule has 3 N–H and O–H groups in total. The predicted molar refractivity (Wildman–Crippen MR) is 95.5 cm³/mol. The molecule has 7 heteroatoms. The largest absolute Gasteiger partial charge is 0.386 e. The summed E-state index contributed by atoms with van der Waals surface area (Å²) in [4.78, 5) is 4.52. The molecular weight excluding hydrogens is 342 g/mol. The number of rotatable bonds is 1. The molecule has 7 nitrogen and oxygen atoms in total. The first-order chi connectivity index (χ1) is 13.1. The summed E-state index contributed by atoms with van der Waals surface area (Å²) >= 11 is 0. The highest BCUT2D eigenvalue weighted by atomic mass is 16.8. The number of nitrogens with zero attached hydrogens (tertiary/aromatic N) is 3. The van der Waals surface area contributed by atoms with Crippen molar-refractivity contribution in [2.24, 2.45) is 21.6 Å². The number of ether oxygens (including phenoxy) is 2. The highest BCUT2D eigenvalue weighted by Crippen LogP contribution is 2.68. The van der Waals surface area contributed by atoms with E-state index >= 15 is 0 Å². The first-order valence-electron chi connectivity index (χ1n) is 9.15. The second kappa shape index (κ2) is 5.32. The van der Waals surface area contributed by atoms with Crippen LogP contribution in [-0.4, -0.2) is 25.0 Å². The van der Waals surface area contributed by atoms with Gasteiger partial charge in [-0.1, -0.05) is 30.3 Å². The number of nitrogens with one attached hydrogen (secondary N) is 1. The number of hydrogen-bond acceptors (Lipinski definition) is 7. The van der Waals surface area contributed by atoms with Gasteiger partial charge >= 0.3 is 0 Å². The van der Waals surface area contributed by atoms with Gasteiger partial charge in [-0.05, 0) is 30.4 Å². The van der Waals surface area contributed by atoms with E-state index in [4.69, 9.17) is 15.2 Å². The van der Waals surface area contributed by atoms with Crippen molar-refractivity contribution in [3.63, 3.8) is 0 Å². The third-order valence-corrected chi connectivity index (χ3v) is 6.31. The maximum atomic E-state index is 10.6. The zero-order chi connectivity index (χ0) is 18.7. The number of amidine groups is 1. The summed E-state index contributed by atoms with van der Waals surface area (Å²) in [6.45, 7) is 0.627. The third kappa shape index (κ3) is 1.65. The molecule has 136 valence electrons. The van der Waals surface area contributed by atoms with E-state index in [-0.39, 0.29) is 5.84 Å². The maximum Gasteiger partial charge on any atom is 0.297 e. The van der Waals surface area contributed by atoms with E-state index in [9.17, 15) is 10.5 Å². The quantitative estimate of drug-likeness (QED) is 0.788. The molecule has 0 amide bonds. The van der Waals surface area contributed by atoms with Crippen molar-refractivity contribution >= 4 is 5.84 Å². The SMILES string of the molecule is N#C[C@]12C(N)=NC3(OCCO3)[C@@]1(C#N)C1=C(CCC1)N[C@@H]2c1ccccc1. The van der Waals surface area contributed by atoms with Crippen LogP contribution in [0.5, 0.6) is 0 Å². The van der Waals surface area contributed by atoms with E-state index in [1.807, 2.05) is 30.3 Å². The Bertz CT molecular complexity index is 951. The molecule has 1 saturated heterocycles. The van der Waals surface area contributed by atoms with Crippen LogP contribution in [-0.2, 0) is 9.47 Å². The summed E-state index contributed by atoms with van der Waals surface area (Å²) in [5, 5.41) is 24.6. The van der Waals surface area contributed by atoms with E-state index in [1.54, 1.807) is 0 Å². The van der Waals surface area contributed by atoms with E-state index in [2.05, 4.69) is 22.4 Å².